The van der Waals surface area contributed by atoms with Crippen LogP contribution in [-0.2, 0) is 16.1 Å². The third-order valence-corrected chi connectivity index (χ3v) is 4.57. The number of hydrogen-bond donors (Lipinski definition) is 2. The summed E-state index contributed by atoms with van der Waals surface area (Å²) in [6.07, 6.45) is 0. The number of rotatable bonds is 5. The SMILES string of the molecule is CNC(=O)c1cccc(CNC(=O)CN2C(=O)COc3cc(Br)ccc32)c1. The lowest BCUT2D eigenvalue weighted by molar-refractivity contribution is -0.125. The van der Waals surface area contributed by atoms with E-state index in [4.69, 9.17) is 4.74 Å². The smallest absolute Gasteiger partial charge is 0.265 e. The van der Waals surface area contributed by atoms with Crippen molar-refractivity contribution in [3.63, 3.8) is 0 Å². The Morgan fingerprint density at radius 1 is 1.22 bits per heavy atom. The molecule has 3 amide bonds. The van der Waals surface area contributed by atoms with Gasteiger partial charge in [-0.2, -0.15) is 0 Å². The summed E-state index contributed by atoms with van der Waals surface area (Å²) in [7, 11) is 1.56. The minimum absolute atomic E-state index is 0.105. The molecule has 0 bridgehead atoms. The molecule has 1 heterocycles. The number of anilines is 1. The number of benzene rings is 2. The Balaban J connectivity index is 1.65. The molecule has 0 saturated carbocycles. The van der Waals surface area contributed by atoms with Gasteiger partial charge in [0.1, 0.15) is 12.3 Å². The van der Waals surface area contributed by atoms with Gasteiger partial charge >= 0.3 is 0 Å². The average Bonchev–Trinajstić information content (AvgIpc) is 2.68. The molecule has 0 unspecified atom stereocenters. The fourth-order valence-electron chi connectivity index (χ4n) is 2.72. The van der Waals surface area contributed by atoms with Crippen molar-refractivity contribution >= 4 is 39.3 Å². The van der Waals surface area contributed by atoms with E-state index in [1.54, 1.807) is 43.4 Å². The molecule has 2 aromatic rings. The number of hydrogen-bond acceptors (Lipinski definition) is 4. The highest BCUT2D eigenvalue weighted by Gasteiger charge is 2.27. The van der Waals surface area contributed by atoms with Gasteiger partial charge in [0.15, 0.2) is 6.61 Å². The normalized spacial score (nSPS) is 12.8. The van der Waals surface area contributed by atoms with E-state index in [0.29, 0.717) is 17.0 Å². The largest absolute Gasteiger partial charge is 0.482 e. The molecule has 0 radical (unpaired) electrons. The first-order valence-corrected chi connectivity index (χ1v) is 9.07. The maximum Gasteiger partial charge on any atom is 0.265 e. The predicted octanol–water partition coefficient (Wildman–Crippen LogP) is 1.85. The van der Waals surface area contributed by atoms with Crippen LogP contribution in [-0.4, -0.2) is 37.9 Å². The molecule has 8 heteroatoms. The molecular formula is C19H18BrN3O4. The summed E-state index contributed by atoms with van der Waals surface area (Å²) in [5, 5.41) is 5.34. The van der Waals surface area contributed by atoms with E-state index in [0.717, 1.165) is 10.0 Å². The number of ether oxygens (including phenoxy) is 1. The van der Waals surface area contributed by atoms with Crippen molar-refractivity contribution in [1.82, 2.24) is 10.6 Å². The highest BCUT2D eigenvalue weighted by molar-refractivity contribution is 9.10. The minimum Gasteiger partial charge on any atom is -0.482 e. The highest BCUT2D eigenvalue weighted by Crippen LogP contribution is 2.34. The van der Waals surface area contributed by atoms with Crippen LogP contribution in [0.1, 0.15) is 15.9 Å². The highest BCUT2D eigenvalue weighted by atomic mass is 79.9. The van der Waals surface area contributed by atoms with Gasteiger partial charge < -0.3 is 15.4 Å². The van der Waals surface area contributed by atoms with Crippen LogP contribution in [0.25, 0.3) is 0 Å². The summed E-state index contributed by atoms with van der Waals surface area (Å²) in [6, 6.07) is 12.3. The quantitative estimate of drug-likeness (QED) is 0.755. The van der Waals surface area contributed by atoms with Crippen molar-refractivity contribution < 1.29 is 19.1 Å². The molecule has 0 fully saturated rings. The van der Waals surface area contributed by atoms with E-state index < -0.39 is 0 Å². The molecule has 2 aromatic carbocycles. The minimum atomic E-state index is -0.301. The third-order valence-electron chi connectivity index (χ3n) is 4.07. The monoisotopic (exact) mass is 431 g/mol. The van der Waals surface area contributed by atoms with Crippen LogP contribution < -0.4 is 20.3 Å². The Bertz CT molecular complexity index is 900. The topological polar surface area (TPSA) is 87.7 Å². The molecule has 1 aliphatic heterocycles. The van der Waals surface area contributed by atoms with Gasteiger partial charge in [-0.1, -0.05) is 28.1 Å². The molecule has 0 saturated heterocycles. The first-order valence-electron chi connectivity index (χ1n) is 8.28. The first kappa shape index (κ1) is 18.9. The molecule has 2 N–H and O–H groups in total. The molecule has 27 heavy (non-hydrogen) atoms. The van der Waals surface area contributed by atoms with Gasteiger partial charge in [0.2, 0.25) is 5.91 Å². The van der Waals surface area contributed by atoms with E-state index in [1.165, 1.54) is 4.90 Å². The fourth-order valence-corrected chi connectivity index (χ4v) is 3.06. The van der Waals surface area contributed by atoms with Crippen molar-refractivity contribution in [1.29, 1.82) is 0 Å². The summed E-state index contributed by atoms with van der Waals surface area (Å²) in [5.41, 5.74) is 1.88. The van der Waals surface area contributed by atoms with Gasteiger partial charge in [-0.05, 0) is 35.9 Å². The van der Waals surface area contributed by atoms with Crippen LogP contribution in [0.2, 0.25) is 0 Å². The van der Waals surface area contributed by atoms with E-state index in [2.05, 4.69) is 26.6 Å². The van der Waals surface area contributed by atoms with Crippen molar-refractivity contribution in [2.24, 2.45) is 0 Å². The molecule has 0 atom stereocenters. The fraction of sp³-hybridized carbons (Fsp3) is 0.211. The Morgan fingerprint density at radius 3 is 2.81 bits per heavy atom. The molecule has 0 aromatic heterocycles. The Labute approximate surface area is 164 Å². The van der Waals surface area contributed by atoms with Crippen LogP contribution in [0.3, 0.4) is 0 Å². The summed E-state index contributed by atoms with van der Waals surface area (Å²) < 4.78 is 6.24. The maximum absolute atomic E-state index is 12.3. The van der Waals surface area contributed by atoms with E-state index in [1.807, 2.05) is 6.07 Å². The molecule has 140 valence electrons. The van der Waals surface area contributed by atoms with Crippen molar-refractivity contribution in [2.45, 2.75) is 6.54 Å². The van der Waals surface area contributed by atoms with Crippen LogP contribution in [0.4, 0.5) is 5.69 Å². The van der Waals surface area contributed by atoms with Crippen LogP contribution >= 0.6 is 15.9 Å². The van der Waals surface area contributed by atoms with E-state index >= 15 is 0 Å². The second-order valence-electron chi connectivity index (χ2n) is 5.94. The van der Waals surface area contributed by atoms with Gasteiger partial charge in [0.05, 0.1) is 5.69 Å². The van der Waals surface area contributed by atoms with E-state index in [-0.39, 0.29) is 37.4 Å². The van der Waals surface area contributed by atoms with Gasteiger partial charge in [0, 0.05) is 23.6 Å². The first-order chi connectivity index (χ1) is 13.0. The second-order valence-corrected chi connectivity index (χ2v) is 6.85. The lowest BCUT2D eigenvalue weighted by atomic mass is 10.1. The Hall–Kier alpha value is -2.87. The molecular weight excluding hydrogens is 414 g/mol. The molecule has 0 spiro atoms. The van der Waals surface area contributed by atoms with Crippen molar-refractivity contribution in [3.8, 4) is 5.75 Å². The predicted molar refractivity (Wildman–Crippen MR) is 104 cm³/mol. The standard InChI is InChI=1S/C19H18BrN3O4/c1-21-19(26)13-4-2-3-12(7-13)9-22-17(24)10-23-15-6-5-14(20)8-16(15)27-11-18(23)25/h2-8H,9-11H2,1H3,(H,21,26)(H,22,24). The summed E-state index contributed by atoms with van der Waals surface area (Å²) >= 11 is 3.36. The molecule has 0 aliphatic carbocycles. The number of nitrogens with zero attached hydrogens (tertiary/aromatic N) is 1. The third kappa shape index (κ3) is 4.46. The maximum atomic E-state index is 12.3. The summed E-state index contributed by atoms with van der Waals surface area (Å²) in [6.45, 7) is 0.0479. The summed E-state index contributed by atoms with van der Waals surface area (Å²) in [5.74, 6) is -0.217. The van der Waals surface area contributed by atoms with Gasteiger partial charge in [0.25, 0.3) is 11.8 Å². The second kappa shape index (κ2) is 8.22. The zero-order valence-electron chi connectivity index (χ0n) is 14.6. The molecule has 3 rings (SSSR count). The summed E-state index contributed by atoms with van der Waals surface area (Å²) in [4.78, 5) is 37.6. The van der Waals surface area contributed by atoms with Gasteiger partial charge in [-0.25, -0.2) is 0 Å². The zero-order chi connectivity index (χ0) is 19.4. The van der Waals surface area contributed by atoms with Crippen molar-refractivity contribution in [3.05, 3.63) is 58.1 Å². The molecule has 7 nitrogen and oxygen atoms in total. The Kier molecular flexibility index (Phi) is 5.75. The lowest BCUT2D eigenvalue weighted by Gasteiger charge is -2.29. The number of amides is 3. The number of halogens is 1. The number of carbonyl (C=O) groups is 3. The zero-order valence-corrected chi connectivity index (χ0v) is 16.2. The van der Waals surface area contributed by atoms with Crippen molar-refractivity contribution in [2.75, 3.05) is 25.1 Å². The van der Waals surface area contributed by atoms with Gasteiger partial charge in [-0.15, -0.1) is 0 Å². The lowest BCUT2D eigenvalue weighted by Crippen LogP contribution is -2.45. The Morgan fingerprint density at radius 2 is 2.04 bits per heavy atom. The van der Waals surface area contributed by atoms with Gasteiger partial charge in [-0.3, -0.25) is 19.3 Å². The average molecular weight is 432 g/mol. The number of nitrogens with one attached hydrogen (secondary N) is 2. The van der Waals surface area contributed by atoms with Crippen LogP contribution in [0, 0.1) is 0 Å². The number of carbonyl (C=O) groups excluding carboxylic acids is 3. The number of fused-ring (bicyclic) bond motifs is 1. The van der Waals surface area contributed by atoms with Crippen LogP contribution in [0.5, 0.6) is 5.75 Å². The molecule has 1 aliphatic rings. The van der Waals surface area contributed by atoms with Crippen LogP contribution in [0.15, 0.2) is 46.9 Å². The van der Waals surface area contributed by atoms with E-state index in [9.17, 15) is 14.4 Å².